The van der Waals surface area contributed by atoms with Crippen LogP contribution in [0.3, 0.4) is 0 Å². The number of carbonyl (C=O) groups is 2. The maximum absolute atomic E-state index is 12.5. The quantitative estimate of drug-likeness (QED) is 0.712. The third-order valence-corrected chi connectivity index (χ3v) is 4.91. The van der Waals surface area contributed by atoms with E-state index in [1.165, 1.54) is 12.1 Å². The van der Waals surface area contributed by atoms with Crippen LogP contribution in [0.25, 0.3) is 0 Å². The Morgan fingerprint density at radius 3 is 1.83 bits per heavy atom. The summed E-state index contributed by atoms with van der Waals surface area (Å²) in [5.74, 6) is -1.62. The molecule has 0 spiro atoms. The highest BCUT2D eigenvalue weighted by Gasteiger charge is 2.31. The number of ether oxygens (including phenoxy) is 2. The molecular formula is C21H22F3NO4. The van der Waals surface area contributed by atoms with Crippen LogP contribution >= 0.6 is 0 Å². The van der Waals surface area contributed by atoms with Crippen molar-refractivity contribution in [1.82, 2.24) is 0 Å². The average molecular weight is 409 g/mol. The number of rotatable bonds is 5. The van der Waals surface area contributed by atoms with E-state index in [4.69, 9.17) is 4.74 Å². The lowest BCUT2D eigenvalue weighted by atomic mass is 9.90. The van der Waals surface area contributed by atoms with Crippen LogP contribution in [-0.4, -0.2) is 24.8 Å². The molecule has 0 saturated heterocycles. The molecule has 0 aliphatic heterocycles. The number of anilines is 1. The van der Waals surface area contributed by atoms with Crippen molar-refractivity contribution in [3.8, 4) is 5.75 Å². The average Bonchev–Trinajstić information content (AvgIpc) is 2.63. The number of esters is 1. The van der Waals surface area contributed by atoms with E-state index in [9.17, 15) is 22.8 Å². The lowest BCUT2D eigenvalue weighted by molar-refractivity contribution is -0.274. The van der Waals surface area contributed by atoms with E-state index in [2.05, 4.69) is 10.1 Å². The first-order valence-corrected chi connectivity index (χ1v) is 8.80. The minimum absolute atomic E-state index is 0.245. The van der Waals surface area contributed by atoms with E-state index >= 15 is 0 Å². The third kappa shape index (κ3) is 5.49. The van der Waals surface area contributed by atoms with Gasteiger partial charge in [-0.15, -0.1) is 13.2 Å². The van der Waals surface area contributed by atoms with E-state index < -0.39 is 30.6 Å². The minimum Gasteiger partial charge on any atom is -0.452 e. The summed E-state index contributed by atoms with van der Waals surface area (Å²) in [6, 6.07) is 4.64. The molecule has 0 aliphatic carbocycles. The van der Waals surface area contributed by atoms with Crippen LogP contribution < -0.4 is 10.1 Å². The molecule has 2 rings (SSSR count). The van der Waals surface area contributed by atoms with Crippen molar-refractivity contribution in [2.75, 3.05) is 11.9 Å². The van der Waals surface area contributed by atoms with Gasteiger partial charge in [-0.05, 0) is 86.7 Å². The van der Waals surface area contributed by atoms with Gasteiger partial charge in [0.15, 0.2) is 6.61 Å². The Balaban J connectivity index is 2.00. The van der Waals surface area contributed by atoms with Gasteiger partial charge in [-0.25, -0.2) is 4.79 Å². The second-order valence-corrected chi connectivity index (χ2v) is 6.70. The predicted molar refractivity (Wildman–Crippen MR) is 102 cm³/mol. The number of amides is 1. The van der Waals surface area contributed by atoms with Gasteiger partial charge in [0.25, 0.3) is 5.91 Å². The first-order valence-electron chi connectivity index (χ1n) is 8.80. The largest absolute Gasteiger partial charge is 0.573 e. The zero-order valence-electron chi connectivity index (χ0n) is 16.8. The SMILES string of the molecule is Cc1c(C)c(C)c(C(=O)OCC(=O)Nc2ccc(OC(F)(F)F)cc2)c(C)c1C. The van der Waals surface area contributed by atoms with Gasteiger partial charge < -0.3 is 14.8 Å². The van der Waals surface area contributed by atoms with E-state index in [1.807, 2.05) is 34.6 Å². The normalized spacial score (nSPS) is 11.2. The molecule has 156 valence electrons. The first-order chi connectivity index (χ1) is 13.4. The van der Waals surface area contributed by atoms with Gasteiger partial charge in [0.2, 0.25) is 0 Å². The van der Waals surface area contributed by atoms with Crippen molar-refractivity contribution in [2.24, 2.45) is 0 Å². The molecule has 2 aromatic carbocycles. The number of hydrogen-bond acceptors (Lipinski definition) is 4. The summed E-state index contributed by atoms with van der Waals surface area (Å²) in [7, 11) is 0. The van der Waals surface area contributed by atoms with E-state index in [1.54, 1.807) is 0 Å². The molecule has 29 heavy (non-hydrogen) atoms. The molecule has 1 N–H and O–H groups in total. The summed E-state index contributed by atoms with van der Waals surface area (Å²) in [4.78, 5) is 24.5. The molecule has 0 aliphatic rings. The maximum atomic E-state index is 12.5. The summed E-state index contributed by atoms with van der Waals surface area (Å²) in [5, 5.41) is 2.45. The zero-order valence-corrected chi connectivity index (χ0v) is 16.8. The Kier molecular flexibility index (Phi) is 6.56. The Morgan fingerprint density at radius 2 is 1.34 bits per heavy atom. The molecule has 0 radical (unpaired) electrons. The Morgan fingerprint density at radius 1 is 0.862 bits per heavy atom. The molecule has 1 amide bonds. The maximum Gasteiger partial charge on any atom is 0.573 e. The highest BCUT2D eigenvalue weighted by Crippen LogP contribution is 2.27. The molecule has 0 fully saturated rings. The molecule has 0 unspecified atom stereocenters. The van der Waals surface area contributed by atoms with E-state index in [0.29, 0.717) is 5.56 Å². The molecule has 0 heterocycles. The summed E-state index contributed by atoms with van der Waals surface area (Å²) >= 11 is 0. The Hall–Kier alpha value is -3.03. The number of carbonyl (C=O) groups excluding carboxylic acids is 2. The number of halogens is 3. The van der Waals surface area contributed by atoms with Gasteiger partial charge in [-0.3, -0.25) is 4.79 Å². The second-order valence-electron chi connectivity index (χ2n) is 6.70. The fourth-order valence-electron chi connectivity index (χ4n) is 2.95. The predicted octanol–water partition coefficient (Wildman–Crippen LogP) is 4.92. The highest BCUT2D eigenvalue weighted by molar-refractivity contribution is 5.97. The Bertz CT molecular complexity index is 905. The van der Waals surface area contributed by atoms with Gasteiger partial charge in [0.1, 0.15) is 5.75 Å². The molecule has 0 saturated carbocycles. The monoisotopic (exact) mass is 409 g/mol. The number of hydrogen-bond donors (Lipinski definition) is 1. The summed E-state index contributed by atoms with van der Waals surface area (Å²) < 4.78 is 45.4. The lowest BCUT2D eigenvalue weighted by Crippen LogP contribution is -2.22. The highest BCUT2D eigenvalue weighted by atomic mass is 19.4. The fraction of sp³-hybridized carbons (Fsp3) is 0.333. The Labute approximate surface area is 166 Å². The third-order valence-electron chi connectivity index (χ3n) is 4.91. The standard InChI is InChI=1S/C21H22F3NO4/c1-11-12(2)14(4)19(15(5)13(11)3)20(27)28-10-18(26)25-16-6-8-17(9-7-16)29-21(22,23)24/h6-9H,10H2,1-5H3,(H,25,26). The molecule has 0 aromatic heterocycles. The summed E-state index contributed by atoms with van der Waals surface area (Å²) in [5.41, 5.74) is 5.37. The molecule has 0 atom stereocenters. The first kappa shape index (κ1) is 22.3. The van der Waals surface area contributed by atoms with Crippen LogP contribution in [0.2, 0.25) is 0 Å². The smallest absolute Gasteiger partial charge is 0.452 e. The van der Waals surface area contributed by atoms with E-state index in [-0.39, 0.29) is 5.69 Å². The van der Waals surface area contributed by atoms with Crippen molar-refractivity contribution in [2.45, 2.75) is 41.0 Å². The van der Waals surface area contributed by atoms with Gasteiger partial charge in [-0.2, -0.15) is 0 Å². The second kappa shape index (κ2) is 8.55. The molecule has 8 heteroatoms. The fourth-order valence-corrected chi connectivity index (χ4v) is 2.95. The molecule has 5 nitrogen and oxygen atoms in total. The van der Waals surface area contributed by atoms with Gasteiger partial charge in [-0.1, -0.05) is 0 Å². The topological polar surface area (TPSA) is 64.6 Å². The van der Waals surface area contributed by atoms with Crippen LogP contribution in [-0.2, 0) is 9.53 Å². The molecule has 0 bridgehead atoms. The van der Waals surface area contributed by atoms with Crippen molar-refractivity contribution in [3.63, 3.8) is 0 Å². The van der Waals surface area contributed by atoms with Crippen LogP contribution in [0.15, 0.2) is 24.3 Å². The summed E-state index contributed by atoms with van der Waals surface area (Å²) in [6.07, 6.45) is -4.79. The van der Waals surface area contributed by atoms with Crippen LogP contribution in [0.5, 0.6) is 5.75 Å². The number of alkyl halides is 3. The minimum atomic E-state index is -4.79. The van der Waals surface area contributed by atoms with Crippen molar-refractivity contribution in [3.05, 3.63) is 57.6 Å². The van der Waals surface area contributed by atoms with Crippen LogP contribution in [0, 0.1) is 34.6 Å². The lowest BCUT2D eigenvalue weighted by Gasteiger charge is -2.17. The molecule has 2 aromatic rings. The van der Waals surface area contributed by atoms with Crippen molar-refractivity contribution >= 4 is 17.6 Å². The number of nitrogens with one attached hydrogen (secondary N) is 1. The van der Waals surface area contributed by atoms with Crippen LogP contribution in [0.4, 0.5) is 18.9 Å². The van der Waals surface area contributed by atoms with Gasteiger partial charge >= 0.3 is 12.3 Å². The van der Waals surface area contributed by atoms with Crippen molar-refractivity contribution < 1.29 is 32.2 Å². The van der Waals surface area contributed by atoms with Crippen LogP contribution in [0.1, 0.15) is 38.2 Å². The van der Waals surface area contributed by atoms with Crippen molar-refractivity contribution in [1.29, 1.82) is 0 Å². The van der Waals surface area contributed by atoms with Gasteiger partial charge in [0.05, 0.1) is 5.56 Å². The summed E-state index contributed by atoms with van der Waals surface area (Å²) in [6.45, 7) is 8.97. The molecular weight excluding hydrogens is 387 g/mol. The van der Waals surface area contributed by atoms with Gasteiger partial charge in [0, 0.05) is 5.69 Å². The number of benzene rings is 2. The van der Waals surface area contributed by atoms with E-state index in [0.717, 1.165) is 39.9 Å². The zero-order chi connectivity index (χ0) is 21.9.